The first-order chi connectivity index (χ1) is 24.0. The van der Waals surface area contributed by atoms with Crippen LogP contribution in [0, 0.1) is 5.92 Å². The largest absolute Gasteiger partial charge is 0.497 e. The van der Waals surface area contributed by atoms with Crippen LogP contribution in [0.5, 0.6) is 28.7 Å². The molecule has 0 radical (unpaired) electrons. The Hall–Kier alpha value is -5.00. The fourth-order valence-corrected chi connectivity index (χ4v) is 7.10. The minimum Gasteiger partial charge on any atom is -0.497 e. The van der Waals surface area contributed by atoms with Gasteiger partial charge in [-0.3, -0.25) is 14.4 Å². The summed E-state index contributed by atoms with van der Waals surface area (Å²) in [4.78, 5) is 45.0. The third-order valence-corrected chi connectivity index (χ3v) is 9.91. The summed E-state index contributed by atoms with van der Waals surface area (Å²) in [7, 11) is 9.88. The van der Waals surface area contributed by atoms with E-state index in [4.69, 9.17) is 39.7 Å². The lowest BCUT2D eigenvalue weighted by atomic mass is 9.70. The van der Waals surface area contributed by atoms with Crippen molar-refractivity contribution in [3.8, 4) is 40.1 Å². The molecule has 11 nitrogen and oxygen atoms in total. The van der Waals surface area contributed by atoms with Crippen molar-refractivity contribution >= 4 is 29.1 Å². The summed E-state index contributed by atoms with van der Waals surface area (Å²) < 4.78 is 34.3. The molecule has 0 saturated carbocycles. The highest BCUT2D eigenvalue weighted by Crippen LogP contribution is 2.54. The Morgan fingerprint density at radius 2 is 1.52 bits per heavy atom. The molecule has 1 amide bonds. The first-order valence-corrected chi connectivity index (χ1v) is 16.5. The Labute approximate surface area is 295 Å². The van der Waals surface area contributed by atoms with E-state index in [-0.39, 0.29) is 58.2 Å². The van der Waals surface area contributed by atoms with Gasteiger partial charge < -0.3 is 38.3 Å². The van der Waals surface area contributed by atoms with Gasteiger partial charge in [0.05, 0.1) is 46.5 Å². The number of rotatable bonds is 11. The number of benzene rings is 3. The average Bonchev–Trinajstić information content (AvgIpc) is 3.63. The van der Waals surface area contributed by atoms with Crippen molar-refractivity contribution in [3.05, 3.63) is 87.6 Å². The number of ketones is 2. The number of nitrogens with zero attached hydrogens (tertiary/aromatic N) is 1. The molecule has 3 unspecified atom stereocenters. The Morgan fingerprint density at radius 1 is 0.920 bits per heavy atom. The number of likely N-dealkylation sites (N-methyl/N-ethyl adjacent to an activating group) is 1. The van der Waals surface area contributed by atoms with Gasteiger partial charge in [-0.1, -0.05) is 30.7 Å². The third kappa shape index (κ3) is 5.74. The number of carbonyl (C=O) groups is 3. The summed E-state index contributed by atoms with van der Waals surface area (Å²) in [5, 5.41) is 3.10. The maximum Gasteiger partial charge on any atom is 0.237 e. The van der Waals surface area contributed by atoms with E-state index in [1.165, 1.54) is 20.3 Å². The lowest BCUT2D eigenvalue weighted by molar-refractivity contribution is -0.120. The lowest BCUT2D eigenvalue weighted by Crippen LogP contribution is -2.56. The van der Waals surface area contributed by atoms with Crippen molar-refractivity contribution in [1.29, 1.82) is 0 Å². The van der Waals surface area contributed by atoms with E-state index in [9.17, 15) is 14.4 Å². The van der Waals surface area contributed by atoms with E-state index < -0.39 is 23.1 Å². The normalized spacial score (nSPS) is 18.4. The minimum atomic E-state index is -1.96. The number of methoxy groups -OCH3 is 4. The molecule has 0 bridgehead atoms. The molecule has 12 heteroatoms. The Balaban J connectivity index is 1.39. The molecule has 1 spiro atoms. The molecule has 1 aliphatic carbocycles. The molecule has 2 aliphatic rings. The maximum atomic E-state index is 14.8. The second-order valence-corrected chi connectivity index (χ2v) is 12.9. The van der Waals surface area contributed by atoms with Crippen molar-refractivity contribution in [2.45, 2.75) is 31.4 Å². The highest BCUT2D eigenvalue weighted by Gasteiger charge is 2.63. The zero-order valence-electron chi connectivity index (χ0n) is 29.0. The molecular formula is C38H39ClN2O9. The lowest BCUT2D eigenvalue weighted by Gasteiger charge is -2.35. The molecule has 1 aromatic heterocycles. The Bertz CT molecular complexity index is 1950. The summed E-state index contributed by atoms with van der Waals surface area (Å²) in [6.45, 7) is 2.05. The molecule has 6 rings (SSSR count). The fourth-order valence-electron chi connectivity index (χ4n) is 6.83. The van der Waals surface area contributed by atoms with Gasteiger partial charge in [0.1, 0.15) is 45.1 Å². The van der Waals surface area contributed by atoms with Crippen molar-refractivity contribution in [3.63, 3.8) is 0 Å². The zero-order valence-corrected chi connectivity index (χ0v) is 29.7. The maximum absolute atomic E-state index is 14.8. The number of nitrogens with one attached hydrogen (secondary N) is 1. The van der Waals surface area contributed by atoms with E-state index in [2.05, 4.69) is 5.32 Å². The predicted molar refractivity (Wildman–Crippen MR) is 186 cm³/mol. The van der Waals surface area contributed by atoms with Crippen LogP contribution in [-0.4, -0.2) is 77.1 Å². The Kier molecular flexibility index (Phi) is 9.56. The summed E-state index contributed by atoms with van der Waals surface area (Å²) in [6, 6.07) is 16.1. The molecule has 2 heterocycles. The van der Waals surface area contributed by atoms with E-state index in [1.807, 2.05) is 43.3 Å². The zero-order chi connectivity index (χ0) is 35.9. The van der Waals surface area contributed by atoms with Gasteiger partial charge in [0.25, 0.3) is 0 Å². The molecule has 4 aromatic rings. The summed E-state index contributed by atoms with van der Waals surface area (Å²) in [5.41, 5.74) is 0.227. The molecule has 3 atom stereocenters. The number of halogens is 1. The van der Waals surface area contributed by atoms with Gasteiger partial charge in [-0.2, -0.15) is 0 Å². The second-order valence-electron chi connectivity index (χ2n) is 12.6. The number of Topliss-reactive ketones (excluding diaryl/α,β-unsaturated/α-hetero) is 2. The van der Waals surface area contributed by atoms with Crippen molar-refractivity contribution < 1.29 is 42.5 Å². The average molecular weight is 703 g/mol. The van der Waals surface area contributed by atoms with Crippen LogP contribution >= 0.6 is 11.6 Å². The number of ether oxygens (including phenoxy) is 5. The van der Waals surface area contributed by atoms with Crippen LogP contribution in [0.25, 0.3) is 11.3 Å². The first kappa shape index (κ1) is 34.8. The van der Waals surface area contributed by atoms with Crippen LogP contribution in [0.3, 0.4) is 0 Å². The summed E-state index contributed by atoms with van der Waals surface area (Å²) in [6.07, 6.45) is -0.0129. The highest BCUT2D eigenvalue weighted by molar-refractivity contribution is 6.36. The molecule has 262 valence electrons. The number of hydrogen-bond acceptors (Lipinski definition) is 10. The van der Waals surface area contributed by atoms with Crippen molar-refractivity contribution in [2.24, 2.45) is 5.92 Å². The van der Waals surface area contributed by atoms with Gasteiger partial charge in [0, 0.05) is 36.1 Å². The summed E-state index contributed by atoms with van der Waals surface area (Å²) in [5.74, 6) is 0.330. The first-order valence-electron chi connectivity index (χ1n) is 16.1. The van der Waals surface area contributed by atoms with Crippen LogP contribution in [0.2, 0.25) is 5.02 Å². The van der Waals surface area contributed by atoms with E-state index >= 15 is 0 Å². The monoisotopic (exact) mass is 702 g/mol. The molecule has 50 heavy (non-hydrogen) atoms. The van der Waals surface area contributed by atoms with Gasteiger partial charge in [-0.15, -0.1) is 0 Å². The quantitative estimate of drug-likeness (QED) is 0.187. The number of carbonyl (C=O) groups excluding carboxylic acids is 3. The van der Waals surface area contributed by atoms with Gasteiger partial charge >= 0.3 is 0 Å². The van der Waals surface area contributed by atoms with Crippen LogP contribution in [0.15, 0.2) is 59.0 Å². The van der Waals surface area contributed by atoms with E-state index in [1.54, 1.807) is 45.4 Å². The van der Waals surface area contributed by atoms with Gasteiger partial charge in [0.15, 0.2) is 5.75 Å². The van der Waals surface area contributed by atoms with E-state index in [0.29, 0.717) is 34.9 Å². The molecule has 3 aromatic carbocycles. The SMILES string of the molecule is COc1ccc(-c2oc3c(c2CC(=O)NCC(c2ccc(OC)cc2)N(C)C)C(=O)C2(Oc4c(Cl)c(OC)cc(OC)c4C2=O)C(C)C3)cc1. The molecule has 0 fully saturated rings. The highest BCUT2D eigenvalue weighted by atomic mass is 35.5. The van der Waals surface area contributed by atoms with Crippen LogP contribution in [0.4, 0.5) is 0 Å². The van der Waals surface area contributed by atoms with E-state index in [0.717, 1.165) is 11.3 Å². The van der Waals surface area contributed by atoms with Crippen LogP contribution < -0.4 is 29.0 Å². The van der Waals surface area contributed by atoms with Gasteiger partial charge in [0.2, 0.25) is 23.1 Å². The standard InChI is InChI=1S/C38H39ClN2O9/c1-20-16-28-31(36(43)38(20)37(44)32-27(47-6)18-29(48-7)33(39)35(32)50-38)25(34(49-28)22-10-14-24(46-5)15-11-22)17-30(42)40-19-26(41(2)3)21-8-12-23(45-4)13-9-21/h8-15,18,20,26H,16-17,19H2,1-7H3,(H,40,42). The van der Waals surface area contributed by atoms with Gasteiger partial charge in [-0.25, -0.2) is 0 Å². The van der Waals surface area contributed by atoms with Crippen LogP contribution in [0.1, 0.15) is 50.6 Å². The third-order valence-electron chi connectivity index (χ3n) is 9.55. The number of fused-ring (bicyclic) bond motifs is 2. The van der Waals surface area contributed by atoms with Crippen molar-refractivity contribution in [2.75, 3.05) is 49.1 Å². The fraction of sp³-hybridized carbons (Fsp3) is 0.342. The minimum absolute atomic E-state index is 0.0166. The van der Waals surface area contributed by atoms with Crippen molar-refractivity contribution in [1.82, 2.24) is 10.2 Å². The predicted octanol–water partition coefficient (Wildman–Crippen LogP) is 5.99. The second kappa shape index (κ2) is 13.7. The summed E-state index contributed by atoms with van der Waals surface area (Å²) >= 11 is 6.64. The van der Waals surface area contributed by atoms with Gasteiger partial charge in [-0.05, 0) is 56.1 Å². The molecule has 0 saturated heterocycles. The number of hydrogen-bond donors (Lipinski definition) is 1. The molecule has 1 N–H and O–H groups in total. The number of amides is 1. The Morgan fingerprint density at radius 3 is 2.10 bits per heavy atom. The molecule has 1 aliphatic heterocycles. The number of furan rings is 1. The van der Waals surface area contributed by atoms with Crippen LogP contribution in [-0.2, 0) is 17.6 Å². The molecular weight excluding hydrogens is 664 g/mol. The smallest absolute Gasteiger partial charge is 0.237 e. The topological polar surface area (TPSA) is 126 Å².